The lowest BCUT2D eigenvalue weighted by atomic mass is 9.70. The molecular weight excluding hydrogens is 394 g/mol. The Morgan fingerprint density at radius 1 is 1.00 bits per heavy atom. The van der Waals surface area contributed by atoms with Gasteiger partial charge in [0.2, 0.25) is 0 Å². The molecule has 9 heteroatoms. The van der Waals surface area contributed by atoms with Crippen molar-refractivity contribution in [3.8, 4) is 0 Å². The molecule has 2 fully saturated rings. The number of halogens is 1. The molecule has 2 saturated heterocycles. The van der Waals surface area contributed by atoms with Gasteiger partial charge in [-0.05, 0) is 76.2 Å². The minimum absolute atomic E-state index is 0.497. The first-order valence-corrected chi connectivity index (χ1v) is 11.7. The fraction of sp³-hybridized carbons (Fsp3) is 0.700. The van der Waals surface area contributed by atoms with Crippen LogP contribution in [0.1, 0.15) is 49.9 Å². The molecule has 162 valence electrons. The van der Waals surface area contributed by atoms with Crippen LogP contribution in [-0.4, -0.2) is 52.9 Å². The number of hydrogen-bond donors (Lipinski definition) is 1. The minimum atomic E-state index is -4.68. The van der Waals surface area contributed by atoms with Crippen molar-refractivity contribution in [2.75, 3.05) is 31.1 Å². The van der Waals surface area contributed by atoms with Gasteiger partial charge in [0.05, 0.1) is 11.2 Å². The van der Waals surface area contributed by atoms with Crippen LogP contribution >= 0.6 is 0 Å². The zero-order chi connectivity index (χ0) is 21.8. The van der Waals surface area contributed by atoms with Crippen LogP contribution in [0.2, 0.25) is 0 Å². The van der Waals surface area contributed by atoms with E-state index in [-0.39, 0.29) is 0 Å². The van der Waals surface area contributed by atoms with Crippen molar-refractivity contribution in [3.05, 3.63) is 22.3 Å². The van der Waals surface area contributed by atoms with Crippen LogP contribution in [0.3, 0.4) is 0 Å². The molecule has 0 spiro atoms. The quantitative estimate of drug-likeness (QED) is 0.588. The standard InChI is InChI=1S/C20H32BFN2O4S/c1-13-16(12-29(22,25)26)14(2)18(24-10-8-23-9-11-24)15(3)17(13)21-27-19(4,5)20(6,7)28-21/h23H,8-12H2,1-7H3. The summed E-state index contributed by atoms with van der Waals surface area (Å²) in [6.45, 7) is 17.0. The molecule has 0 aliphatic carbocycles. The lowest BCUT2D eigenvalue weighted by Gasteiger charge is -2.34. The number of nitrogens with zero attached hydrogens (tertiary/aromatic N) is 1. The molecule has 2 aliphatic rings. The molecule has 0 saturated carbocycles. The summed E-state index contributed by atoms with van der Waals surface area (Å²) < 4.78 is 49.4. The van der Waals surface area contributed by atoms with Gasteiger partial charge in [-0.25, -0.2) is 0 Å². The summed E-state index contributed by atoms with van der Waals surface area (Å²) in [6.07, 6.45) is 0. The highest BCUT2D eigenvalue weighted by Gasteiger charge is 2.53. The lowest BCUT2D eigenvalue weighted by molar-refractivity contribution is 0.00578. The number of rotatable bonds is 4. The molecule has 3 rings (SSSR count). The Bertz CT molecular complexity index is 896. The number of anilines is 1. The fourth-order valence-corrected chi connectivity index (χ4v) is 5.12. The van der Waals surface area contributed by atoms with Gasteiger partial charge in [0, 0.05) is 31.9 Å². The first-order valence-electron chi connectivity index (χ1n) is 10.1. The number of benzene rings is 1. The van der Waals surface area contributed by atoms with Gasteiger partial charge in [0.15, 0.2) is 0 Å². The fourth-order valence-electron chi connectivity index (χ4n) is 4.34. The Labute approximate surface area is 174 Å². The zero-order valence-corrected chi connectivity index (χ0v) is 19.3. The Kier molecular flexibility index (Phi) is 5.84. The van der Waals surface area contributed by atoms with E-state index in [1.165, 1.54) is 0 Å². The predicted molar refractivity (Wildman–Crippen MR) is 115 cm³/mol. The van der Waals surface area contributed by atoms with Gasteiger partial charge in [-0.15, -0.1) is 3.89 Å². The highest BCUT2D eigenvalue weighted by Crippen LogP contribution is 2.39. The van der Waals surface area contributed by atoms with E-state index in [1.807, 2.05) is 48.5 Å². The highest BCUT2D eigenvalue weighted by molar-refractivity contribution is 7.85. The highest BCUT2D eigenvalue weighted by atomic mass is 32.3. The largest absolute Gasteiger partial charge is 0.495 e. The van der Waals surface area contributed by atoms with Gasteiger partial charge in [-0.1, -0.05) is 0 Å². The Morgan fingerprint density at radius 3 is 2.00 bits per heavy atom. The maximum Gasteiger partial charge on any atom is 0.495 e. The Hall–Kier alpha value is -1.16. The Morgan fingerprint density at radius 2 is 1.52 bits per heavy atom. The molecule has 0 bridgehead atoms. The first-order chi connectivity index (χ1) is 13.3. The van der Waals surface area contributed by atoms with Crippen molar-refractivity contribution in [1.29, 1.82) is 0 Å². The predicted octanol–water partition coefficient (Wildman–Crippen LogP) is 2.12. The molecule has 2 aliphatic heterocycles. The molecule has 0 amide bonds. The average molecular weight is 426 g/mol. The smallest absolute Gasteiger partial charge is 0.399 e. The molecule has 1 aromatic rings. The van der Waals surface area contributed by atoms with E-state index >= 15 is 0 Å². The maximum absolute atomic E-state index is 13.8. The van der Waals surface area contributed by atoms with Gasteiger partial charge in [0.1, 0.15) is 5.75 Å². The minimum Gasteiger partial charge on any atom is -0.399 e. The van der Waals surface area contributed by atoms with E-state index < -0.39 is 34.3 Å². The zero-order valence-electron chi connectivity index (χ0n) is 18.5. The molecule has 0 atom stereocenters. The van der Waals surface area contributed by atoms with Gasteiger partial charge >= 0.3 is 17.3 Å². The van der Waals surface area contributed by atoms with Crippen LogP contribution < -0.4 is 15.7 Å². The van der Waals surface area contributed by atoms with E-state index in [1.54, 1.807) is 0 Å². The number of nitrogens with one attached hydrogen (secondary N) is 1. The third-order valence-corrected chi connectivity index (χ3v) is 7.30. The monoisotopic (exact) mass is 426 g/mol. The summed E-state index contributed by atoms with van der Waals surface area (Å²) in [5.74, 6) is -0.642. The van der Waals surface area contributed by atoms with Crippen LogP contribution in [0.15, 0.2) is 0 Å². The molecule has 0 radical (unpaired) electrons. The van der Waals surface area contributed by atoms with Gasteiger partial charge in [-0.2, -0.15) is 8.42 Å². The molecule has 2 heterocycles. The summed E-state index contributed by atoms with van der Waals surface area (Å²) in [6, 6.07) is 0. The van der Waals surface area contributed by atoms with E-state index in [4.69, 9.17) is 9.31 Å². The van der Waals surface area contributed by atoms with Crippen molar-refractivity contribution in [3.63, 3.8) is 0 Å². The average Bonchev–Trinajstić information content (AvgIpc) is 2.79. The van der Waals surface area contributed by atoms with Gasteiger partial charge < -0.3 is 19.5 Å². The summed E-state index contributed by atoms with van der Waals surface area (Å²) in [5, 5.41) is 3.33. The summed E-state index contributed by atoms with van der Waals surface area (Å²) in [5.41, 5.74) is 3.74. The van der Waals surface area contributed by atoms with Crippen molar-refractivity contribution in [2.24, 2.45) is 0 Å². The van der Waals surface area contributed by atoms with E-state index in [2.05, 4.69) is 10.2 Å². The van der Waals surface area contributed by atoms with Crippen molar-refractivity contribution in [1.82, 2.24) is 5.32 Å². The third-order valence-electron chi connectivity index (χ3n) is 6.66. The second-order valence-corrected chi connectivity index (χ2v) is 10.5. The second-order valence-electron chi connectivity index (χ2n) is 9.12. The van der Waals surface area contributed by atoms with Gasteiger partial charge in [0.25, 0.3) is 0 Å². The molecule has 6 nitrogen and oxygen atoms in total. The summed E-state index contributed by atoms with van der Waals surface area (Å²) in [7, 11) is -5.32. The lowest BCUT2D eigenvalue weighted by Crippen LogP contribution is -2.46. The normalized spacial score (nSPS) is 21.7. The second kappa shape index (κ2) is 7.52. The van der Waals surface area contributed by atoms with E-state index in [0.717, 1.165) is 54.0 Å². The molecular formula is C20H32BFN2O4S. The van der Waals surface area contributed by atoms with Crippen molar-refractivity contribution in [2.45, 2.75) is 65.4 Å². The van der Waals surface area contributed by atoms with Crippen molar-refractivity contribution < 1.29 is 21.6 Å². The summed E-state index contributed by atoms with van der Waals surface area (Å²) >= 11 is 0. The van der Waals surface area contributed by atoms with Gasteiger partial charge in [-0.3, -0.25) is 0 Å². The topological polar surface area (TPSA) is 67.9 Å². The number of piperazine rings is 1. The molecule has 1 N–H and O–H groups in total. The van der Waals surface area contributed by atoms with Crippen LogP contribution in [0.25, 0.3) is 0 Å². The third kappa shape index (κ3) is 4.20. The maximum atomic E-state index is 13.8. The molecule has 1 aromatic carbocycles. The van der Waals surface area contributed by atoms with E-state index in [0.29, 0.717) is 5.56 Å². The Balaban J connectivity index is 2.21. The van der Waals surface area contributed by atoms with Crippen LogP contribution in [0.4, 0.5) is 9.57 Å². The number of hydrogen-bond acceptors (Lipinski definition) is 6. The molecule has 29 heavy (non-hydrogen) atoms. The van der Waals surface area contributed by atoms with Crippen molar-refractivity contribution >= 4 is 28.5 Å². The first kappa shape index (κ1) is 22.5. The summed E-state index contributed by atoms with van der Waals surface area (Å²) in [4.78, 5) is 2.24. The van der Waals surface area contributed by atoms with Crippen LogP contribution in [0.5, 0.6) is 0 Å². The van der Waals surface area contributed by atoms with E-state index in [9.17, 15) is 12.3 Å². The molecule has 0 aromatic heterocycles. The van der Waals surface area contributed by atoms with Crippen LogP contribution in [0, 0.1) is 20.8 Å². The van der Waals surface area contributed by atoms with Crippen LogP contribution in [-0.2, 0) is 25.3 Å². The SMILES string of the molecule is Cc1c(CS(=O)(=O)F)c(C)c(N2CCNCC2)c(C)c1B1OC(C)(C)C(C)(C)O1. The molecule has 0 unspecified atom stereocenters.